The van der Waals surface area contributed by atoms with Crippen LogP contribution in [-0.2, 0) is 0 Å². The van der Waals surface area contributed by atoms with Crippen molar-refractivity contribution in [2.75, 3.05) is 13.7 Å². The molecule has 3 aromatic heterocycles. The van der Waals surface area contributed by atoms with Gasteiger partial charge in [0.05, 0.1) is 25.0 Å². The Kier molecular flexibility index (Phi) is 4.23. The lowest BCUT2D eigenvalue weighted by Gasteiger charge is -2.22. The van der Waals surface area contributed by atoms with Crippen LogP contribution in [0.3, 0.4) is 0 Å². The average Bonchev–Trinajstić information content (AvgIpc) is 3.51. The number of hydrogen-bond donors (Lipinski definition) is 0. The van der Waals surface area contributed by atoms with Crippen molar-refractivity contribution < 1.29 is 9.53 Å². The van der Waals surface area contributed by atoms with Crippen LogP contribution < -0.4 is 4.74 Å². The number of pyridine rings is 1. The van der Waals surface area contributed by atoms with Gasteiger partial charge in [-0.15, -0.1) is 10.2 Å². The van der Waals surface area contributed by atoms with Crippen LogP contribution >= 0.6 is 0 Å². The third kappa shape index (κ3) is 2.93. The van der Waals surface area contributed by atoms with E-state index in [0.717, 1.165) is 30.0 Å². The number of hydrogen-bond acceptors (Lipinski definition) is 5. The second-order valence-corrected chi connectivity index (χ2v) is 6.97. The molecule has 1 fully saturated rings. The molecular formula is C21H20N6O2. The molecule has 0 N–H and O–H groups in total. The summed E-state index contributed by atoms with van der Waals surface area (Å²) in [6, 6.07) is 15.3. The first-order chi connectivity index (χ1) is 14.3. The van der Waals surface area contributed by atoms with E-state index in [1.54, 1.807) is 18.0 Å². The molecule has 1 unspecified atom stereocenters. The number of ether oxygens (including phenoxy) is 1. The zero-order valence-electron chi connectivity index (χ0n) is 16.0. The van der Waals surface area contributed by atoms with Gasteiger partial charge >= 0.3 is 0 Å². The fraction of sp³-hybridized carbons (Fsp3) is 0.238. The molecular weight excluding hydrogens is 368 g/mol. The Morgan fingerprint density at radius 2 is 1.93 bits per heavy atom. The zero-order valence-corrected chi connectivity index (χ0v) is 16.0. The van der Waals surface area contributed by atoms with Gasteiger partial charge in [-0.05, 0) is 37.1 Å². The quantitative estimate of drug-likeness (QED) is 0.537. The topological polar surface area (TPSA) is 77.6 Å². The van der Waals surface area contributed by atoms with Crippen molar-refractivity contribution in [3.8, 4) is 11.4 Å². The van der Waals surface area contributed by atoms with Crippen molar-refractivity contribution in [2.45, 2.75) is 18.9 Å². The Morgan fingerprint density at radius 3 is 2.76 bits per heavy atom. The third-order valence-electron chi connectivity index (χ3n) is 5.28. The zero-order chi connectivity index (χ0) is 19.8. The summed E-state index contributed by atoms with van der Waals surface area (Å²) in [7, 11) is 1.55. The van der Waals surface area contributed by atoms with Crippen LogP contribution in [0.1, 0.15) is 35.2 Å². The Bertz CT molecular complexity index is 1170. The van der Waals surface area contributed by atoms with Crippen molar-refractivity contribution in [3.63, 3.8) is 0 Å². The number of amides is 1. The Morgan fingerprint density at radius 1 is 1.10 bits per heavy atom. The number of aromatic nitrogens is 5. The molecule has 4 aromatic rings. The van der Waals surface area contributed by atoms with E-state index in [4.69, 9.17) is 4.74 Å². The summed E-state index contributed by atoms with van der Waals surface area (Å²) >= 11 is 0. The molecule has 0 radical (unpaired) electrons. The van der Waals surface area contributed by atoms with Crippen molar-refractivity contribution in [1.29, 1.82) is 0 Å². The maximum absolute atomic E-state index is 13.4. The van der Waals surface area contributed by atoms with E-state index in [1.807, 2.05) is 64.0 Å². The minimum Gasteiger partial charge on any atom is -0.493 e. The second kappa shape index (κ2) is 7.05. The Labute approximate surface area is 167 Å². The number of nitrogens with zero attached hydrogens (tertiary/aromatic N) is 6. The van der Waals surface area contributed by atoms with Gasteiger partial charge in [-0.25, -0.2) is 4.68 Å². The SMILES string of the molecule is COc1cn(-c2ccccc2)nc1C(=O)N1CCCC1c1nnc2ccccn12. The predicted molar refractivity (Wildman–Crippen MR) is 106 cm³/mol. The first-order valence-electron chi connectivity index (χ1n) is 9.56. The molecule has 1 atom stereocenters. The van der Waals surface area contributed by atoms with E-state index < -0.39 is 0 Å². The highest BCUT2D eigenvalue weighted by molar-refractivity contribution is 5.95. The van der Waals surface area contributed by atoms with Crippen LogP contribution in [-0.4, -0.2) is 48.8 Å². The number of likely N-dealkylation sites (tertiary alicyclic amines) is 1. The number of methoxy groups -OCH3 is 1. The summed E-state index contributed by atoms with van der Waals surface area (Å²) in [6.45, 7) is 0.645. The summed E-state index contributed by atoms with van der Waals surface area (Å²) < 4.78 is 9.07. The van der Waals surface area contributed by atoms with E-state index in [1.165, 1.54) is 0 Å². The van der Waals surface area contributed by atoms with E-state index in [2.05, 4.69) is 15.3 Å². The summed E-state index contributed by atoms with van der Waals surface area (Å²) in [5.41, 5.74) is 1.94. The van der Waals surface area contributed by atoms with Crippen molar-refractivity contribution in [1.82, 2.24) is 29.3 Å². The van der Waals surface area contributed by atoms with Gasteiger partial charge in [0.2, 0.25) is 0 Å². The first kappa shape index (κ1) is 17.4. The van der Waals surface area contributed by atoms with Crippen molar-refractivity contribution in [3.05, 3.63) is 72.4 Å². The monoisotopic (exact) mass is 388 g/mol. The number of carbonyl (C=O) groups is 1. The molecule has 5 rings (SSSR count). The van der Waals surface area contributed by atoms with Crippen molar-refractivity contribution in [2.24, 2.45) is 0 Å². The fourth-order valence-electron chi connectivity index (χ4n) is 3.87. The number of fused-ring (bicyclic) bond motifs is 1. The average molecular weight is 388 g/mol. The molecule has 29 heavy (non-hydrogen) atoms. The summed E-state index contributed by atoms with van der Waals surface area (Å²) in [4.78, 5) is 15.2. The third-order valence-corrected chi connectivity index (χ3v) is 5.28. The van der Waals surface area contributed by atoms with E-state index in [9.17, 15) is 4.79 Å². The van der Waals surface area contributed by atoms with Gasteiger partial charge in [-0.3, -0.25) is 9.20 Å². The summed E-state index contributed by atoms with van der Waals surface area (Å²) in [5, 5.41) is 13.1. The van der Waals surface area contributed by atoms with E-state index in [-0.39, 0.29) is 11.9 Å². The van der Waals surface area contributed by atoms with Crippen molar-refractivity contribution >= 4 is 11.6 Å². The Hall–Kier alpha value is -3.68. The van der Waals surface area contributed by atoms with Crippen LogP contribution in [0.25, 0.3) is 11.3 Å². The lowest BCUT2D eigenvalue weighted by Crippen LogP contribution is -2.32. The highest BCUT2D eigenvalue weighted by Gasteiger charge is 2.36. The second-order valence-electron chi connectivity index (χ2n) is 6.97. The lowest BCUT2D eigenvalue weighted by atomic mass is 10.2. The smallest absolute Gasteiger partial charge is 0.278 e. The molecule has 1 aliphatic heterocycles. The maximum Gasteiger partial charge on any atom is 0.278 e. The molecule has 4 heterocycles. The molecule has 0 aliphatic carbocycles. The predicted octanol–water partition coefficient (Wildman–Crippen LogP) is 2.90. The fourth-order valence-corrected chi connectivity index (χ4v) is 3.87. The van der Waals surface area contributed by atoms with Gasteiger partial charge in [0.1, 0.15) is 0 Å². The normalized spacial score (nSPS) is 16.4. The van der Waals surface area contributed by atoms with Crippen LogP contribution in [0, 0.1) is 0 Å². The van der Waals surface area contributed by atoms with Gasteiger partial charge in [0.25, 0.3) is 5.91 Å². The molecule has 8 heteroatoms. The van der Waals surface area contributed by atoms with Gasteiger partial charge in [-0.1, -0.05) is 24.3 Å². The molecule has 1 saturated heterocycles. The van der Waals surface area contributed by atoms with Crippen LogP contribution in [0.15, 0.2) is 60.9 Å². The molecule has 0 spiro atoms. The molecule has 8 nitrogen and oxygen atoms in total. The van der Waals surface area contributed by atoms with Gasteiger partial charge in [0.15, 0.2) is 22.9 Å². The van der Waals surface area contributed by atoms with Gasteiger partial charge < -0.3 is 9.64 Å². The van der Waals surface area contributed by atoms with E-state index in [0.29, 0.717) is 18.0 Å². The summed E-state index contributed by atoms with van der Waals surface area (Å²) in [5.74, 6) is 1.07. The first-order valence-corrected chi connectivity index (χ1v) is 9.56. The van der Waals surface area contributed by atoms with Gasteiger partial charge in [0, 0.05) is 12.7 Å². The highest BCUT2D eigenvalue weighted by Crippen LogP contribution is 2.33. The van der Waals surface area contributed by atoms with E-state index >= 15 is 0 Å². The molecule has 146 valence electrons. The molecule has 1 amide bonds. The highest BCUT2D eigenvalue weighted by atomic mass is 16.5. The number of rotatable bonds is 4. The van der Waals surface area contributed by atoms with Crippen LogP contribution in [0.5, 0.6) is 5.75 Å². The number of benzene rings is 1. The van der Waals surface area contributed by atoms with Crippen LogP contribution in [0.2, 0.25) is 0 Å². The molecule has 0 saturated carbocycles. The standard InChI is InChI=1S/C21H20N6O2/c1-29-17-14-27(15-8-3-2-4-9-15)24-19(17)21(28)25-13-7-10-16(25)20-23-22-18-11-5-6-12-26(18)20/h2-6,8-9,11-12,14,16H,7,10,13H2,1H3. The Balaban J connectivity index is 1.51. The lowest BCUT2D eigenvalue weighted by molar-refractivity contribution is 0.0719. The molecule has 0 bridgehead atoms. The summed E-state index contributed by atoms with van der Waals surface area (Å²) in [6.07, 6.45) is 5.40. The molecule has 1 aromatic carbocycles. The minimum absolute atomic E-state index is 0.147. The molecule has 1 aliphatic rings. The maximum atomic E-state index is 13.4. The minimum atomic E-state index is -0.160. The van der Waals surface area contributed by atoms with Gasteiger partial charge in [-0.2, -0.15) is 5.10 Å². The van der Waals surface area contributed by atoms with Crippen LogP contribution in [0.4, 0.5) is 0 Å². The largest absolute Gasteiger partial charge is 0.493 e. The number of para-hydroxylation sites is 1. The number of carbonyl (C=O) groups excluding carboxylic acids is 1.